The fourth-order valence-corrected chi connectivity index (χ4v) is 3.52. The van der Waals surface area contributed by atoms with Gasteiger partial charge in [-0.05, 0) is 17.7 Å². The van der Waals surface area contributed by atoms with Gasteiger partial charge in [0.05, 0.1) is 4.91 Å². The molecule has 0 heterocycles. The molecular formula is C14H10ClFO2S. The van der Waals surface area contributed by atoms with Crippen molar-refractivity contribution in [3.8, 4) is 0 Å². The van der Waals surface area contributed by atoms with Gasteiger partial charge in [-0.3, -0.25) is 0 Å². The molecule has 2 rings (SSSR count). The summed E-state index contributed by atoms with van der Waals surface area (Å²) in [5, 5.41) is 0. The fraction of sp³-hybridized carbons (Fsp3) is 0. The van der Waals surface area contributed by atoms with Crippen LogP contribution in [0.25, 0.3) is 4.91 Å². The Labute approximate surface area is 116 Å². The Morgan fingerprint density at radius 3 is 2.16 bits per heavy atom. The van der Waals surface area contributed by atoms with E-state index in [4.69, 9.17) is 11.6 Å². The zero-order valence-electron chi connectivity index (χ0n) is 9.75. The minimum Gasteiger partial charge on any atom is -0.218 e. The maximum absolute atomic E-state index is 13.6. The normalized spacial score (nSPS) is 12.4. The molecule has 0 saturated heterocycles. The lowest BCUT2D eigenvalue weighted by atomic mass is 10.2. The molecule has 19 heavy (non-hydrogen) atoms. The summed E-state index contributed by atoms with van der Waals surface area (Å²) in [6.45, 7) is 0. The number of benzene rings is 2. The van der Waals surface area contributed by atoms with E-state index in [-0.39, 0.29) is 9.80 Å². The average Bonchev–Trinajstić information content (AvgIpc) is 2.40. The Bertz CT molecular complexity index is 709. The highest BCUT2D eigenvalue weighted by Gasteiger charge is 2.24. The van der Waals surface area contributed by atoms with Gasteiger partial charge < -0.3 is 0 Å². The molecule has 98 valence electrons. The van der Waals surface area contributed by atoms with Crippen molar-refractivity contribution in [3.05, 3.63) is 71.5 Å². The van der Waals surface area contributed by atoms with Crippen molar-refractivity contribution in [1.82, 2.24) is 0 Å². The highest BCUT2D eigenvalue weighted by molar-refractivity contribution is 8.00. The first-order chi connectivity index (χ1) is 9.07. The molecule has 2 nitrogen and oxygen atoms in total. The van der Waals surface area contributed by atoms with Crippen LogP contribution < -0.4 is 0 Å². The van der Waals surface area contributed by atoms with E-state index in [0.29, 0.717) is 5.56 Å². The third-order valence-corrected chi connectivity index (χ3v) is 4.76. The molecule has 0 atom stereocenters. The van der Waals surface area contributed by atoms with Gasteiger partial charge in [0.2, 0.25) is 9.84 Å². The first-order valence-corrected chi connectivity index (χ1v) is 7.35. The summed E-state index contributed by atoms with van der Waals surface area (Å²) >= 11 is 5.63. The van der Waals surface area contributed by atoms with Crippen LogP contribution >= 0.6 is 11.6 Å². The van der Waals surface area contributed by atoms with Gasteiger partial charge in [0.1, 0.15) is 10.7 Å². The molecule has 0 aromatic heterocycles. The number of rotatable bonds is 3. The minimum absolute atomic E-state index is 0.125. The third-order valence-electron chi connectivity index (χ3n) is 2.57. The molecule has 2 aromatic rings. The van der Waals surface area contributed by atoms with Gasteiger partial charge in [-0.25, -0.2) is 12.8 Å². The van der Waals surface area contributed by atoms with Gasteiger partial charge in [-0.15, -0.1) is 0 Å². The van der Waals surface area contributed by atoms with Crippen LogP contribution in [0.5, 0.6) is 0 Å². The second-order valence-electron chi connectivity index (χ2n) is 3.77. The molecule has 0 bridgehead atoms. The summed E-state index contributed by atoms with van der Waals surface area (Å²) in [6, 6.07) is 13.6. The summed E-state index contributed by atoms with van der Waals surface area (Å²) < 4.78 is 38.4. The maximum atomic E-state index is 13.6. The van der Waals surface area contributed by atoms with Gasteiger partial charge in [0.25, 0.3) is 0 Å². The molecule has 0 spiro atoms. The van der Waals surface area contributed by atoms with Gasteiger partial charge in [-0.1, -0.05) is 54.1 Å². The topological polar surface area (TPSA) is 34.1 Å². The third kappa shape index (κ3) is 2.69. The Kier molecular flexibility index (Phi) is 4.02. The number of hydrogen-bond acceptors (Lipinski definition) is 2. The quantitative estimate of drug-likeness (QED) is 0.862. The second kappa shape index (κ2) is 5.55. The summed E-state index contributed by atoms with van der Waals surface area (Å²) in [6.07, 6.45) is 0. The highest BCUT2D eigenvalue weighted by Crippen LogP contribution is 2.29. The lowest BCUT2D eigenvalue weighted by Gasteiger charge is -2.09. The zero-order valence-corrected chi connectivity index (χ0v) is 11.3. The molecule has 0 radical (unpaired) electrons. The summed E-state index contributed by atoms with van der Waals surface area (Å²) in [7, 11) is -3.98. The van der Waals surface area contributed by atoms with Crippen LogP contribution in [0.4, 0.5) is 4.39 Å². The highest BCUT2D eigenvalue weighted by atomic mass is 35.5. The van der Waals surface area contributed by atoms with Crippen LogP contribution in [-0.2, 0) is 9.84 Å². The van der Waals surface area contributed by atoms with Crippen molar-refractivity contribution in [3.63, 3.8) is 0 Å². The van der Waals surface area contributed by atoms with E-state index in [2.05, 4.69) is 0 Å². The first-order valence-electron chi connectivity index (χ1n) is 5.43. The molecule has 0 aliphatic carbocycles. The van der Waals surface area contributed by atoms with Gasteiger partial charge in [-0.2, -0.15) is 0 Å². The van der Waals surface area contributed by atoms with E-state index in [1.807, 2.05) is 0 Å². The van der Waals surface area contributed by atoms with Gasteiger partial charge in [0.15, 0.2) is 0 Å². The van der Waals surface area contributed by atoms with Crippen LogP contribution in [0.2, 0.25) is 0 Å². The van der Waals surface area contributed by atoms with Crippen molar-refractivity contribution in [2.75, 3.05) is 0 Å². The molecule has 0 fully saturated rings. The van der Waals surface area contributed by atoms with Crippen LogP contribution in [0, 0.1) is 5.82 Å². The molecule has 5 heteroatoms. The van der Waals surface area contributed by atoms with E-state index in [1.54, 1.807) is 30.3 Å². The van der Waals surface area contributed by atoms with E-state index in [9.17, 15) is 12.8 Å². The summed E-state index contributed by atoms with van der Waals surface area (Å²) in [4.78, 5) is -0.509. The molecule has 0 amide bonds. The molecular weight excluding hydrogens is 287 g/mol. The van der Waals surface area contributed by atoms with Crippen molar-refractivity contribution in [1.29, 1.82) is 0 Å². The maximum Gasteiger partial charge on any atom is 0.210 e. The van der Waals surface area contributed by atoms with E-state index in [1.165, 1.54) is 18.2 Å². The zero-order chi connectivity index (χ0) is 13.9. The summed E-state index contributed by atoms with van der Waals surface area (Å²) in [5.74, 6) is -0.797. The van der Waals surface area contributed by atoms with Crippen LogP contribution in [-0.4, -0.2) is 8.42 Å². The Hall–Kier alpha value is -1.65. The lowest BCUT2D eigenvalue weighted by molar-refractivity contribution is 0.573. The Morgan fingerprint density at radius 2 is 1.58 bits per heavy atom. The van der Waals surface area contributed by atoms with Crippen molar-refractivity contribution < 1.29 is 12.8 Å². The molecule has 2 aromatic carbocycles. The predicted molar refractivity (Wildman–Crippen MR) is 73.9 cm³/mol. The van der Waals surface area contributed by atoms with E-state index in [0.717, 1.165) is 11.6 Å². The Balaban J connectivity index is 2.60. The standard InChI is InChI=1S/C14H10ClFO2S/c15-10-14(11-6-2-1-3-7-11)19(17,18)13-9-5-4-8-12(13)16/h1-10H/b14-10-. The minimum atomic E-state index is -3.98. The van der Waals surface area contributed by atoms with Crippen molar-refractivity contribution in [2.24, 2.45) is 0 Å². The molecule has 0 aliphatic heterocycles. The van der Waals surface area contributed by atoms with Crippen LogP contribution in [0.1, 0.15) is 5.56 Å². The van der Waals surface area contributed by atoms with Crippen molar-refractivity contribution >= 4 is 26.3 Å². The van der Waals surface area contributed by atoms with Crippen molar-refractivity contribution in [2.45, 2.75) is 4.90 Å². The smallest absolute Gasteiger partial charge is 0.210 e. The van der Waals surface area contributed by atoms with Gasteiger partial charge >= 0.3 is 0 Å². The largest absolute Gasteiger partial charge is 0.218 e. The number of halogens is 2. The second-order valence-corrected chi connectivity index (χ2v) is 5.88. The average molecular weight is 297 g/mol. The molecule has 0 N–H and O–H groups in total. The SMILES string of the molecule is O=S(=O)(/C(=C\Cl)c1ccccc1)c1ccccc1F. The molecule has 0 unspecified atom stereocenters. The molecule has 0 saturated carbocycles. The van der Waals surface area contributed by atoms with Crippen LogP contribution in [0.3, 0.4) is 0 Å². The van der Waals surface area contributed by atoms with E-state index >= 15 is 0 Å². The van der Waals surface area contributed by atoms with E-state index < -0.39 is 15.7 Å². The van der Waals surface area contributed by atoms with Gasteiger partial charge in [0, 0.05) is 5.54 Å². The van der Waals surface area contributed by atoms with Crippen LogP contribution in [0.15, 0.2) is 65.0 Å². The lowest BCUT2D eigenvalue weighted by Crippen LogP contribution is -2.06. The number of hydrogen-bond donors (Lipinski definition) is 0. The molecule has 0 aliphatic rings. The Morgan fingerprint density at radius 1 is 1.00 bits per heavy atom. The fourth-order valence-electron chi connectivity index (χ4n) is 1.66. The summed E-state index contributed by atoms with van der Waals surface area (Å²) in [5.41, 5.74) is 1.37. The number of sulfone groups is 1. The first kappa shape index (κ1) is 13.8. The monoisotopic (exact) mass is 296 g/mol. The predicted octanol–water partition coefficient (Wildman–Crippen LogP) is 3.84.